The topological polar surface area (TPSA) is 129 Å². The number of anilines is 2. The van der Waals surface area contributed by atoms with Crippen molar-refractivity contribution in [3.8, 4) is 17.6 Å². The first-order chi connectivity index (χ1) is 23.7. The van der Waals surface area contributed by atoms with Crippen LogP contribution in [0.1, 0.15) is 23.6 Å². The minimum atomic E-state index is -4.65. The third-order valence-corrected chi connectivity index (χ3v) is 10.8. The Hall–Kier alpha value is -5.58. The Labute approximate surface area is 282 Å². The minimum Gasteiger partial charge on any atom is -0.496 e. The first-order valence-electron chi connectivity index (χ1n) is 15.6. The Morgan fingerprint density at radius 3 is 2.43 bits per heavy atom. The zero-order valence-electron chi connectivity index (χ0n) is 26.7. The number of methoxy groups -OCH3 is 1. The molecule has 3 aromatic carbocycles. The van der Waals surface area contributed by atoms with Crippen molar-refractivity contribution in [1.82, 2.24) is 14.9 Å². The summed E-state index contributed by atoms with van der Waals surface area (Å²) in [5.41, 5.74) is 0.113. The number of carbonyl (C=O) groups excluding carboxylic acids is 1. The molecule has 13 heteroatoms. The Morgan fingerprint density at radius 2 is 1.71 bits per heavy atom. The zero-order valence-corrected chi connectivity index (χ0v) is 27.5. The molecule has 1 fully saturated rings. The number of benzene rings is 3. The molecule has 7 rings (SSSR count). The van der Waals surface area contributed by atoms with Gasteiger partial charge >= 0.3 is 0 Å². The van der Waals surface area contributed by atoms with Crippen molar-refractivity contribution >= 4 is 38.2 Å². The fourth-order valence-electron chi connectivity index (χ4n) is 6.95. The zero-order chi connectivity index (χ0) is 34.3. The Balaban J connectivity index is 1.47. The fourth-order valence-corrected chi connectivity index (χ4v) is 8.56. The van der Waals surface area contributed by atoms with E-state index in [1.165, 1.54) is 55.8 Å². The van der Waals surface area contributed by atoms with Crippen LogP contribution in [0, 0.1) is 17.1 Å². The molecule has 248 valence electrons. The number of halogens is 1. The summed E-state index contributed by atoms with van der Waals surface area (Å²) in [7, 11) is -3.18. The number of piperazine rings is 1. The average molecular weight is 679 g/mol. The summed E-state index contributed by atoms with van der Waals surface area (Å²) < 4.78 is 56.9. The van der Waals surface area contributed by atoms with Gasteiger partial charge in [0.05, 0.1) is 36.6 Å². The van der Waals surface area contributed by atoms with Crippen LogP contribution in [0.15, 0.2) is 96.3 Å². The average Bonchev–Trinajstić information content (AvgIpc) is 3.40. The molecule has 4 heterocycles. The maximum Gasteiger partial charge on any atom is 0.273 e. The molecule has 0 spiro atoms. The summed E-state index contributed by atoms with van der Waals surface area (Å²) in [6, 6.07) is 20.6. The second-order valence-corrected chi connectivity index (χ2v) is 13.3. The first-order valence-corrected chi connectivity index (χ1v) is 17.1. The lowest BCUT2D eigenvalue weighted by atomic mass is 9.80. The molecule has 49 heavy (non-hydrogen) atoms. The van der Waals surface area contributed by atoms with Gasteiger partial charge in [-0.15, -0.1) is 0 Å². The van der Waals surface area contributed by atoms with E-state index in [2.05, 4.69) is 20.9 Å². The van der Waals surface area contributed by atoms with Gasteiger partial charge in [-0.1, -0.05) is 0 Å². The highest BCUT2D eigenvalue weighted by molar-refractivity contribution is 7.93. The van der Waals surface area contributed by atoms with Crippen molar-refractivity contribution in [3.63, 3.8) is 0 Å². The van der Waals surface area contributed by atoms with Crippen molar-refractivity contribution in [1.29, 1.82) is 5.26 Å². The van der Waals surface area contributed by atoms with E-state index in [0.29, 0.717) is 37.3 Å². The summed E-state index contributed by atoms with van der Waals surface area (Å²) in [6.07, 6.45) is 4.88. The van der Waals surface area contributed by atoms with Gasteiger partial charge in [0.15, 0.2) is 5.54 Å². The number of aromatic nitrogens is 2. The molecule has 1 saturated heterocycles. The van der Waals surface area contributed by atoms with Crippen LogP contribution in [-0.2, 0) is 20.4 Å². The Kier molecular flexibility index (Phi) is 8.14. The van der Waals surface area contributed by atoms with E-state index in [4.69, 9.17) is 9.47 Å². The van der Waals surface area contributed by atoms with Crippen LogP contribution in [0.3, 0.4) is 0 Å². The van der Waals surface area contributed by atoms with Crippen LogP contribution in [0.4, 0.5) is 15.8 Å². The number of ether oxygens (including phenoxy) is 2. The van der Waals surface area contributed by atoms with E-state index in [0.717, 1.165) is 9.99 Å². The smallest absolute Gasteiger partial charge is 0.273 e. The number of pyridine rings is 2. The third kappa shape index (κ3) is 5.03. The molecule has 1 unspecified atom stereocenters. The summed E-state index contributed by atoms with van der Waals surface area (Å²) in [5, 5.41) is 10.5. The van der Waals surface area contributed by atoms with Crippen LogP contribution < -0.4 is 18.7 Å². The fraction of sp³-hybridized carbons (Fsp3) is 0.222. The minimum absolute atomic E-state index is 0.0761. The molecule has 0 bridgehead atoms. The number of hydrogen-bond donors (Lipinski definition) is 0. The number of carbonyl (C=O) groups is 1. The van der Waals surface area contributed by atoms with Gasteiger partial charge in [-0.2, -0.15) is 5.26 Å². The molecule has 1 atom stereocenters. The maximum absolute atomic E-state index is 15.5. The summed E-state index contributed by atoms with van der Waals surface area (Å²) >= 11 is 0. The molecule has 1 amide bonds. The van der Waals surface area contributed by atoms with Gasteiger partial charge in [0.25, 0.3) is 15.9 Å². The van der Waals surface area contributed by atoms with Crippen molar-refractivity contribution in [2.45, 2.75) is 17.4 Å². The summed E-state index contributed by atoms with van der Waals surface area (Å²) in [6.45, 7) is 3.50. The molecule has 0 saturated carbocycles. The van der Waals surface area contributed by atoms with Gasteiger partial charge in [0.1, 0.15) is 22.2 Å². The predicted molar refractivity (Wildman–Crippen MR) is 180 cm³/mol. The number of amides is 1. The van der Waals surface area contributed by atoms with Crippen molar-refractivity contribution < 1.29 is 27.1 Å². The van der Waals surface area contributed by atoms with E-state index in [1.807, 2.05) is 17.0 Å². The van der Waals surface area contributed by atoms with Crippen LogP contribution in [-0.4, -0.2) is 69.1 Å². The number of nitriles is 1. The van der Waals surface area contributed by atoms with Crippen LogP contribution in [0.25, 0.3) is 10.9 Å². The van der Waals surface area contributed by atoms with Crippen LogP contribution >= 0.6 is 0 Å². The normalized spacial score (nSPS) is 18.0. The SMILES string of the molecule is CCOc1cc(F)ccc1C1(N2CCN(c3ccncc3)CC2)C(=O)N(S(=O)(=O)c2ccc(OC)c3cccnc23)c2ccc(C#N)cc21. The standard InChI is InChI=1S/C36H31FN6O5S/c1-3-48-32-22-25(37)7-8-28(32)36(42-19-17-41(18-20-42)26-12-15-39-16-13-26)29-21-24(23-38)6-9-30(29)43(35(36)44)49(45,46)33-11-10-31(47-2)27-5-4-14-40-34(27)33/h4-16,21-22H,3,17-20H2,1-2H3. The predicted octanol–water partition coefficient (Wildman–Crippen LogP) is 4.85. The molecule has 0 aliphatic carbocycles. The third-order valence-electron chi connectivity index (χ3n) is 9.07. The summed E-state index contributed by atoms with van der Waals surface area (Å²) in [4.78, 5) is 27.8. The van der Waals surface area contributed by atoms with E-state index in [9.17, 15) is 18.1 Å². The lowest BCUT2D eigenvalue weighted by Crippen LogP contribution is -2.60. The number of rotatable bonds is 8. The van der Waals surface area contributed by atoms with Gasteiger partial charge in [-0.3, -0.25) is 19.7 Å². The van der Waals surface area contributed by atoms with Gasteiger partial charge in [0, 0.05) is 73.0 Å². The second kappa shape index (κ2) is 12.5. The number of fused-ring (bicyclic) bond motifs is 2. The molecular formula is C36H31FN6O5S. The van der Waals surface area contributed by atoms with Crippen molar-refractivity contribution in [2.75, 3.05) is 49.1 Å². The van der Waals surface area contributed by atoms with E-state index in [-0.39, 0.29) is 45.1 Å². The highest BCUT2D eigenvalue weighted by Gasteiger charge is 2.61. The highest BCUT2D eigenvalue weighted by atomic mass is 32.2. The quantitative estimate of drug-likeness (QED) is 0.225. The van der Waals surface area contributed by atoms with E-state index < -0.39 is 27.3 Å². The lowest BCUT2D eigenvalue weighted by molar-refractivity contribution is -0.127. The van der Waals surface area contributed by atoms with Crippen LogP contribution in [0.5, 0.6) is 11.5 Å². The molecule has 2 aromatic heterocycles. The number of nitrogens with zero attached hydrogens (tertiary/aromatic N) is 6. The molecule has 0 N–H and O–H groups in total. The largest absolute Gasteiger partial charge is 0.496 e. The Morgan fingerprint density at radius 1 is 0.939 bits per heavy atom. The number of hydrogen-bond acceptors (Lipinski definition) is 10. The van der Waals surface area contributed by atoms with E-state index in [1.54, 1.807) is 37.5 Å². The maximum atomic E-state index is 15.5. The molecule has 2 aliphatic rings. The molecule has 0 radical (unpaired) electrons. The highest BCUT2D eigenvalue weighted by Crippen LogP contribution is 2.53. The first kappa shape index (κ1) is 32.0. The monoisotopic (exact) mass is 678 g/mol. The van der Waals surface area contributed by atoms with Crippen molar-refractivity contribution in [2.24, 2.45) is 0 Å². The van der Waals surface area contributed by atoms with E-state index >= 15 is 4.79 Å². The number of sulfonamides is 1. The molecular weight excluding hydrogens is 647 g/mol. The van der Waals surface area contributed by atoms with Gasteiger partial charge < -0.3 is 14.4 Å². The second-order valence-electron chi connectivity index (χ2n) is 11.5. The molecule has 11 nitrogen and oxygen atoms in total. The van der Waals surface area contributed by atoms with Gasteiger partial charge in [-0.05, 0) is 73.7 Å². The molecule has 2 aliphatic heterocycles. The molecule has 5 aromatic rings. The van der Waals surface area contributed by atoms with Crippen molar-refractivity contribution in [3.05, 3.63) is 114 Å². The lowest BCUT2D eigenvalue weighted by Gasteiger charge is -2.46. The van der Waals surface area contributed by atoms with Gasteiger partial charge in [-0.25, -0.2) is 17.1 Å². The summed E-state index contributed by atoms with van der Waals surface area (Å²) in [5.74, 6) is -0.872. The Bertz CT molecular complexity index is 2240. The van der Waals surface area contributed by atoms with Crippen LogP contribution in [0.2, 0.25) is 0 Å². The van der Waals surface area contributed by atoms with Gasteiger partial charge in [0.2, 0.25) is 0 Å².